The summed E-state index contributed by atoms with van der Waals surface area (Å²) in [6, 6.07) is 0. The molecule has 0 unspecified atom stereocenters. The molecule has 0 saturated carbocycles. The van der Waals surface area contributed by atoms with E-state index in [9.17, 15) is 9.59 Å². The lowest BCUT2D eigenvalue weighted by Gasteiger charge is -2.05. The number of aliphatic carboxylic acids is 1. The molecule has 0 rings (SSSR count). The molecule has 0 spiro atoms. The van der Waals surface area contributed by atoms with Crippen molar-refractivity contribution < 1.29 is 28.9 Å². The van der Waals surface area contributed by atoms with Gasteiger partial charge in [0.25, 0.3) is 0 Å². The summed E-state index contributed by atoms with van der Waals surface area (Å²) in [5, 5.41) is 8.66. The quantitative estimate of drug-likeness (QED) is 0.167. The number of methoxy groups -OCH3 is 2. The first-order chi connectivity index (χ1) is 10.4. The molecule has 0 saturated heterocycles. The van der Waals surface area contributed by atoms with Crippen molar-refractivity contribution in [3.63, 3.8) is 0 Å². The highest BCUT2D eigenvalue weighted by Gasteiger charge is 2.11. The number of hydrogen-bond donors (Lipinski definition) is 1. The van der Waals surface area contributed by atoms with E-state index in [1.54, 1.807) is 13.8 Å². The molecule has 0 aromatic carbocycles. The smallest absolute Gasteiger partial charge is 0.334 e. The van der Waals surface area contributed by atoms with Crippen molar-refractivity contribution in [1.29, 1.82) is 0 Å². The third-order valence-corrected chi connectivity index (χ3v) is 3.72. The van der Waals surface area contributed by atoms with Crippen LogP contribution in [0.25, 0.3) is 0 Å². The molecule has 8 heteroatoms. The molecule has 0 radical (unpaired) electrons. The highest BCUT2D eigenvalue weighted by atomic mass is 127. The standard InChI is InChI=1S/2C7H11IO3/c1-3-11-7(9)4-6(5-8)10-2;1-3-5(7(9)10)6(4-8)11-2/h4H,3,5H2,1-2H3;3-4H2,1-2H3,(H,9,10)/b6-4-;. The van der Waals surface area contributed by atoms with Gasteiger partial charge in [0.15, 0.2) is 0 Å². The van der Waals surface area contributed by atoms with Gasteiger partial charge in [0.05, 0.1) is 41.3 Å². The van der Waals surface area contributed by atoms with Gasteiger partial charge in [-0.2, -0.15) is 0 Å². The number of carbonyl (C=O) groups is 2. The van der Waals surface area contributed by atoms with Crippen LogP contribution in [-0.4, -0.2) is 46.7 Å². The third kappa shape index (κ3) is 11.1. The largest absolute Gasteiger partial charge is 0.500 e. The van der Waals surface area contributed by atoms with E-state index in [4.69, 9.17) is 14.6 Å². The normalized spacial score (nSPS) is 11.6. The first kappa shape index (κ1) is 23.7. The number of carbonyl (C=O) groups excluding carboxylic acids is 1. The lowest BCUT2D eigenvalue weighted by atomic mass is 10.2. The second-order valence-electron chi connectivity index (χ2n) is 3.60. The van der Waals surface area contributed by atoms with Gasteiger partial charge in [-0.15, -0.1) is 0 Å². The number of carboxylic acid groups (broad SMARTS) is 1. The van der Waals surface area contributed by atoms with Gasteiger partial charge in [0.2, 0.25) is 0 Å². The molecule has 6 nitrogen and oxygen atoms in total. The first-order valence-electron chi connectivity index (χ1n) is 6.44. The monoisotopic (exact) mass is 540 g/mol. The van der Waals surface area contributed by atoms with Crippen molar-refractivity contribution in [2.45, 2.75) is 20.3 Å². The Labute approximate surface area is 158 Å². The number of rotatable bonds is 8. The van der Waals surface area contributed by atoms with E-state index in [0.29, 0.717) is 39.0 Å². The highest BCUT2D eigenvalue weighted by molar-refractivity contribution is 14.1. The summed E-state index contributed by atoms with van der Waals surface area (Å²) in [5.41, 5.74) is 0.363. The molecule has 0 fully saturated rings. The Balaban J connectivity index is 0. The van der Waals surface area contributed by atoms with Crippen molar-refractivity contribution >= 4 is 57.1 Å². The summed E-state index contributed by atoms with van der Waals surface area (Å²) in [6.45, 7) is 3.96. The first-order valence-corrected chi connectivity index (χ1v) is 9.49. The van der Waals surface area contributed by atoms with Crippen LogP contribution in [0.2, 0.25) is 0 Å². The number of hydrogen-bond acceptors (Lipinski definition) is 5. The molecule has 0 atom stereocenters. The number of esters is 1. The number of alkyl halides is 2. The van der Waals surface area contributed by atoms with Crippen LogP contribution in [0.15, 0.2) is 23.2 Å². The van der Waals surface area contributed by atoms with Crippen molar-refractivity contribution in [2.24, 2.45) is 0 Å². The van der Waals surface area contributed by atoms with E-state index in [2.05, 4.69) is 49.9 Å². The Kier molecular flexibility index (Phi) is 16.6. The van der Waals surface area contributed by atoms with Gasteiger partial charge >= 0.3 is 11.9 Å². The molecule has 22 heavy (non-hydrogen) atoms. The third-order valence-electron chi connectivity index (χ3n) is 2.28. The Bertz CT molecular complexity index is 390. The van der Waals surface area contributed by atoms with Gasteiger partial charge in [-0.05, 0) is 13.3 Å². The minimum Gasteiger partial charge on any atom is -0.500 e. The fraction of sp³-hybridized carbons (Fsp3) is 0.571. The maximum absolute atomic E-state index is 10.8. The van der Waals surface area contributed by atoms with E-state index in [0.717, 1.165) is 0 Å². The number of halogens is 2. The van der Waals surface area contributed by atoms with E-state index >= 15 is 0 Å². The van der Waals surface area contributed by atoms with Crippen molar-refractivity contribution in [3.05, 3.63) is 23.2 Å². The van der Waals surface area contributed by atoms with E-state index in [-0.39, 0.29) is 5.97 Å². The van der Waals surface area contributed by atoms with E-state index in [1.165, 1.54) is 20.3 Å². The topological polar surface area (TPSA) is 82.1 Å². The molecule has 0 heterocycles. The van der Waals surface area contributed by atoms with Gasteiger partial charge in [-0.1, -0.05) is 52.1 Å². The van der Waals surface area contributed by atoms with Crippen LogP contribution < -0.4 is 0 Å². The fourth-order valence-electron chi connectivity index (χ4n) is 1.19. The maximum atomic E-state index is 10.8. The lowest BCUT2D eigenvalue weighted by molar-refractivity contribution is -0.137. The van der Waals surface area contributed by atoms with Crippen LogP contribution in [0, 0.1) is 0 Å². The maximum Gasteiger partial charge on any atom is 0.334 e. The minimum absolute atomic E-state index is 0.346. The summed E-state index contributed by atoms with van der Waals surface area (Å²) in [7, 11) is 3.02. The van der Waals surface area contributed by atoms with E-state index in [1.807, 2.05) is 0 Å². The Morgan fingerprint density at radius 3 is 1.91 bits per heavy atom. The number of allylic oxidation sites excluding steroid dienone is 2. The molecule has 0 bridgehead atoms. The summed E-state index contributed by atoms with van der Waals surface area (Å²) in [4.78, 5) is 21.3. The summed E-state index contributed by atoms with van der Waals surface area (Å²) in [6.07, 6.45) is 1.86. The molecular formula is C14H22I2O6. The van der Waals surface area contributed by atoms with Gasteiger partial charge in [-0.25, -0.2) is 9.59 Å². The van der Waals surface area contributed by atoms with E-state index < -0.39 is 5.97 Å². The molecular weight excluding hydrogens is 518 g/mol. The lowest BCUT2D eigenvalue weighted by Crippen LogP contribution is -2.05. The molecule has 0 aromatic rings. The number of ether oxygens (including phenoxy) is 3. The molecule has 0 amide bonds. The Hall–Kier alpha value is -0.520. The van der Waals surface area contributed by atoms with Crippen LogP contribution >= 0.6 is 45.2 Å². The van der Waals surface area contributed by atoms with Crippen LogP contribution in [0.1, 0.15) is 20.3 Å². The van der Waals surface area contributed by atoms with Gasteiger partial charge in [-0.3, -0.25) is 0 Å². The van der Waals surface area contributed by atoms with Crippen LogP contribution in [0.4, 0.5) is 0 Å². The second-order valence-corrected chi connectivity index (χ2v) is 5.12. The highest BCUT2D eigenvalue weighted by Crippen LogP contribution is 2.12. The van der Waals surface area contributed by atoms with Crippen LogP contribution in [0.5, 0.6) is 0 Å². The average molecular weight is 540 g/mol. The number of carboxylic acids is 1. The zero-order valence-corrected chi connectivity index (χ0v) is 17.5. The predicted molar refractivity (Wildman–Crippen MR) is 101 cm³/mol. The molecule has 0 aliphatic carbocycles. The summed E-state index contributed by atoms with van der Waals surface area (Å²) in [5.74, 6) is -0.0494. The Morgan fingerprint density at radius 1 is 1.09 bits per heavy atom. The predicted octanol–water partition coefficient (Wildman–Crippen LogP) is 3.33. The van der Waals surface area contributed by atoms with Crippen LogP contribution in [-0.2, 0) is 23.8 Å². The average Bonchev–Trinajstić information content (AvgIpc) is 2.50. The summed E-state index contributed by atoms with van der Waals surface area (Å²) < 4.78 is 15.7. The van der Waals surface area contributed by atoms with Gasteiger partial charge in [0.1, 0.15) is 11.5 Å². The van der Waals surface area contributed by atoms with Crippen molar-refractivity contribution in [1.82, 2.24) is 0 Å². The second kappa shape index (κ2) is 15.4. The zero-order chi connectivity index (χ0) is 17.5. The molecule has 1 N–H and O–H groups in total. The zero-order valence-electron chi connectivity index (χ0n) is 13.2. The molecule has 0 aliphatic heterocycles. The van der Waals surface area contributed by atoms with Gasteiger partial charge in [0, 0.05) is 0 Å². The SMILES string of the molecule is CCC(C(=O)O)=C(CI)OC.CCOC(=O)/C=C(/CI)OC. The van der Waals surface area contributed by atoms with Crippen molar-refractivity contribution in [2.75, 3.05) is 29.7 Å². The van der Waals surface area contributed by atoms with Gasteiger partial charge < -0.3 is 19.3 Å². The minimum atomic E-state index is -0.888. The van der Waals surface area contributed by atoms with Crippen molar-refractivity contribution in [3.8, 4) is 0 Å². The fourth-order valence-corrected chi connectivity index (χ4v) is 2.50. The summed E-state index contributed by atoms with van der Waals surface area (Å²) >= 11 is 4.19. The van der Waals surface area contributed by atoms with Crippen LogP contribution in [0.3, 0.4) is 0 Å². The molecule has 0 aliphatic rings. The molecule has 128 valence electrons. The molecule has 0 aromatic heterocycles. The Morgan fingerprint density at radius 2 is 1.68 bits per heavy atom.